The molecule has 0 saturated heterocycles. The SMILES string of the molecule is O=C(Cn1c(=O)n(CCc2ccccc2)c(=O)c2oc3ccccc3c21)NCc1ccco1. The van der Waals surface area contributed by atoms with Gasteiger partial charge in [-0.15, -0.1) is 0 Å². The molecule has 0 aliphatic heterocycles. The van der Waals surface area contributed by atoms with E-state index in [9.17, 15) is 14.4 Å². The summed E-state index contributed by atoms with van der Waals surface area (Å²) in [6, 6.07) is 20.2. The maximum Gasteiger partial charge on any atom is 0.332 e. The van der Waals surface area contributed by atoms with E-state index >= 15 is 0 Å². The fourth-order valence-corrected chi connectivity index (χ4v) is 3.92. The van der Waals surface area contributed by atoms with Crippen molar-refractivity contribution >= 4 is 28.0 Å². The lowest BCUT2D eigenvalue weighted by Gasteiger charge is -2.12. The normalized spacial score (nSPS) is 11.3. The largest absolute Gasteiger partial charge is 0.467 e. The number of rotatable bonds is 7. The molecule has 2 aromatic carbocycles. The van der Waals surface area contributed by atoms with E-state index in [0.717, 1.165) is 10.1 Å². The summed E-state index contributed by atoms with van der Waals surface area (Å²) < 4.78 is 13.5. The Kier molecular flexibility index (Phi) is 5.40. The van der Waals surface area contributed by atoms with Crippen LogP contribution in [0.5, 0.6) is 0 Å². The van der Waals surface area contributed by atoms with Crippen LogP contribution >= 0.6 is 0 Å². The van der Waals surface area contributed by atoms with Crippen LogP contribution in [0.1, 0.15) is 11.3 Å². The van der Waals surface area contributed by atoms with Crippen LogP contribution in [0.2, 0.25) is 0 Å². The van der Waals surface area contributed by atoms with Gasteiger partial charge < -0.3 is 14.2 Å². The molecule has 0 fully saturated rings. The van der Waals surface area contributed by atoms with Gasteiger partial charge in [-0.1, -0.05) is 42.5 Å². The van der Waals surface area contributed by atoms with Crippen molar-refractivity contribution in [3.63, 3.8) is 0 Å². The Morgan fingerprint density at radius 2 is 1.70 bits per heavy atom. The van der Waals surface area contributed by atoms with Gasteiger partial charge in [0.25, 0.3) is 5.56 Å². The minimum absolute atomic E-state index is 0.0581. The smallest absolute Gasteiger partial charge is 0.332 e. The van der Waals surface area contributed by atoms with Crippen molar-refractivity contribution < 1.29 is 13.6 Å². The van der Waals surface area contributed by atoms with Gasteiger partial charge in [-0.25, -0.2) is 4.79 Å². The van der Waals surface area contributed by atoms with Gasteiger partial charge in [0, 0.05) is 11.9 Å². The summed E-state index contributed by atoms with van der Waals surface area (Å²) in [5, 5.41) is 3.35. The molecule has 0 aliphatic rings. The summed E-state index contributed by atoms with van der Waals surface area (Å²) in [5.41, 5.74) is 0.802. The van der Waals surface area contributed by atoms with Crippen LogP contribution in [-0.4, -0.2) is 15.0 Å². The molecule has 0 aliphatic carbocycles. The van der Waals surface area contributed by atoms with E-state index in [2.05, 4.69) is 5.32 Å². The Bertz CT molecular complexity index is 1540. The second kappa shape index (κ2) is 8.66. The van der Waals surface area contributed by atoms with Gasteiger partial charge in [0.05, 0.1) is 12.8 Å². The van der Waals surface area contributed by atoms with Crippen molar-refractivity contribution in [3.05, 3.63) is 105 Å². The third-order valence-electron chi connectivity index (χ3n) is 5.55. The van der Waals surface area contributed by atoms with E-state index in [0.29, 0.717) is 28.7 Å². The zero-order valence-corrected chi connectivity index (χ0v) is 17.7. The number of fused-ring (bicyclic) bond motifs is 3. The van der Waals surface area contributed by atoms with Crippen LogP contribution in [-0.2, 0) is 30.8 Å². The maximum absolute atomic E-state index is 13.4. The van der Waals surface area contributed by atoms with Crippen LogP contribution in [0, 0.1) is 0 Å². The molecule has 166 valence electrons. The monoisotopic (exact) mass is 443 g/mol. The molecule has 0 unspecified atom stereocenters. The van der Waals surface area contributed by atoms with Gasteiger partial charge in [-0.05, 0) is 36.2 Å². The number of aromatic nitrogens is 2. The topological polar surface area (TPSA) is 99.4 Å². The molecular formula is C25H21N3O5. The van der Waals surface area contributed by atoms with Crippen LogP contribution in [0.15, 0.2) is 91.4 Å². The van der Waals surface area contributed by atoms with Gasteiger partial charge in [-0.3, -0.25) is 18.7 Å². The molecule has 0 radical (unpaired) electrons. The van der Waals surface area contributed by atoms with E-state index in [1.54, 1.807) is 36.4 Å². The Balaban J connectivity index is 1.56. The molecule has 1 N–H and O–H groups in total. The third kappa shape index (κ3) is 3.98. The molecule has 0 saturated carbocycles. The highest BCUT2D eigenvalue weighted by atomic mass is 16.3. The van der Waals surface area contributed by atoms with Crippen LogP contribution in [0.3, 0.4) is 0 Å². The molecule has 3 aromatic heterocycles. The lowest BCUT2D eigenvalue weighted by atomic mass is 10.1. The number of hydrogen-bond donors (Lipinski definition) is 1. The minimum atomic E-state index is -0.553. The maximum atomic E-state index is 13.4. The molecule has 1 amide bonds. The summed E-state index contributed by atoms with van der Waals surface area (Å²) in [5.74, 6) is 0.218. The quantitative estimate of drug-likeness (QED) is 0.417. The summed E-state index contributed by atoms with van der Waals surface area (Å²) in [6.07, 6.45) is 2.02. The van der Waals surface area contributed by atoms with Crippen molar-refractivity contribution in [2.75, 3.05) is 0 Å². The van der Waals surface area contributed by atoms with Crippen LogP contribution in [0.4, 0.5) is 0 Å². The fourth-order valence-electron chi connectivity index (χ4n) is 3.92. The number of hydrogen-bond acceptors (Lipinski definition) is 5. The molecule has 8 heteroatoms. The number of carbonyl (C=O) groups excluding carboxylic acids is 1. The van der Waals surface area contributed by atoms with E-state index < -0.39 is 11.2 Å². The van der Waals surface area contributed by atoms with Crippen molar-refractivity contribution in [2.24, 2.45) is 0 Å². The lowest BCUT2D eigenvalue weighted by molar-refractivity contribution is -0.121. The summed E-state index contributed by atoms with van der Waals surface area (Å²) in [7, 11) is 0. The summed E-state index contributed by atoms with van der Waals surface area (Å²) in [6.45, 7) is 0.109. The highest BCUT2D eigenvalue weighted by Gasteiger charge is 2.21. The van der Waals surface area contributed by atoms with Crippen molar-refractivity contribution in [1.29, 1.82) is 0 Å². The first-order valence-corrected chi connectivity index (χ1v) is 10.6. The summed E-state index contributed by atoms with van der Waals surface area (Å²) >= 11 is 0. The fraction of sp³-hybridized carbons (Fsp3) is 0.160. The van der Waals surface area contributed by atoms with Gasteiger partial charge in [0.1, 0.15) is 23.4 Å². The Labute approximate surface area is 187 Å². The van der Waals surface area contributed by atoms with Gasteiger partial charge in [0.2, 0.25) is 11.5 Å². The predicted octanol–water partition coefficient (Wildman–Crippen LogP) is 3.06. The number of nitrogens with one attached hydrogen (secondary N) is 1. The second-order valence-electron chi connectivity index (χ2n) is 7.69. The molecule has 5 rings (SSSR count). The number of nitrogens with zero attached hydrogens (tertiary/aromatic N) is 2. The van der Waals surface area contributed by atoms with E-state index in [1.165, 1.54) is 10.8 Å². The third-order valence-corrected chi connectivity index (χ3v) is 5.55. The van der Waals surface area contributed by atoms with Gasteiger partial charge in [-0.2, -0.15) is 0 Å². The molecule has 5 aromatic rings. The lowest BCUT2D eigenvalue weighted by Crippen LogP contribution is -2.42. The van der Waals surface area contributed by atoms with Crippen molar-refractivity contribution in [1.82, 2.24) is 14.5 Å². The minimum Gasteiger partial charge on any atom is -0.467 e. The zero-order chi connectivity index (χ0) is 22.8. The van der Waals surface area contributed by atoms with E-state index in [1.807, 2.05) is 30.3 Å². The first-order chi connectivity index (χ1) is 16.1. The first-order valence-electron chi connectivity index (χ1n) is 10.6. The highest BCUT2D eigenvalue weighted by molar-refractivity contribution is 6.02. The van der Waals surface area contributed by atoms with Crippen molar-refractivity contribution in [2.45, 2.75) is 26.1 Å². The first kappa shape index (κ1) is 20.6. The van der Waals surface area contributed by atoms with Gasteiger partial charge in [0.15, 0.2) is 0 Å². The second-order valence-corrected chi connectivity index (χ2v) is 7.69. The summed E-state index contributed by atoms with van der Waals surface area (Å²) in [4.78, 5) is 39.3. The predicted molar refractivity (Wildman–Crippen MR) is 123 cm³/mol. The Hall–Kier alpha value is -4.33. The number of carbonyl (C=O) groups is 1. The standard InChI is InChI=1S/C25H21N3O5/c29-21(26-15-18-9-6-14-32-18)16-28-22-19-10-4-5-11-20(19)33-23(22)24(30)27(25(28)31)13-12-17-7-2-1-3-8-17/h1-11,14H,12-13,15-16H2,(H,26,29). The number of furan rings is 2. The average molecular weight is 443 g/mol. The molecule has 0 atom stereocenters. The van der Waals surface area contributed by atoms with Crippen LogP contribution < -0.4 is 16.6 Å². The number of benzene rings is 2. The number of aryl methyl sites for hydroxylation is 1. The molecule has 0 bridgehead atoms. The van der Waals surface area contributed by atoms with Crippen molar-refractivity contribution in [3.8, 4) is 0 Å². The molecular weight excluding hydrogens is 422 g/mol. The number of amides is 1. The Morgan fingerprint density at radius 3 is 2.48 bits per heavy atom. The molecule has 33 heavy (non-hydrogen) atoms. The van der Waals surface area contributed by atoms with E-state index in [4.69, 9.17) is 8.83 Å². The van der Waals surface area contributed by atoms with Gasteiger partial charge >= 0.3 is 5.69 Å². The zero-order valence-electron chi connectivity index (χ0n) is 17.7. The average Bonchev–Trinajstić information content (AvgIpc) is 3.49. The Morgan fingerprint density at radius 1 is 0.909 bits per heavy atom. The van der Waals surface area contributed by atoms with Crippen LogP contribution in [0.25, 0.3) is 22.1 Å². The van der Waals surface area contributed by atoms with E-state index in [-0.39, 0.29) is 31.1 Å². The molecule has 3 heterocycles. The number of para-hydroxylation sites is 1. The molecule has 0 spiro atoms. The molecule has 8 nitrogen and oxygen atoms in total. The highest BCUT2D eigenvalue weighted by Crippen LogP contribution is 2.25.